The lowest BCUT2D eigenvalue weighted by atomic mass is 9.89. The quantitative estimate of drug-likeness (QED) is 0.110. The van der Waals surface area contributed by atoms with Gasteiger partial charge in [0.2, 0.25) is 0 Å². The van der Waals surface area contributed by atoms with Crippen LogP contribution in [0.5, 0.6) is 0 Å². The number of carbonyl (C=O) groups is 10. The SMILES string of the molecule is CCC(C)(C)C(=O)OC1(C)CC(=O)OC1C.CCC(C)(C)C(=O)OC1CC(=O)OC1C.CCC(C)C(=O)OC1(C)CC(=O)OC1C.CCC(C)C(=O)OC1CC(=O)OC1(C)C.CCC(C)C(=O)OC1CC(=O)OC1C. The molecule has 0 aliphatic carbocycles. The molecule has 0 saturated carbocycles. The molecular weight excluding hydrogens is 981 g/mol. The van der Waals surface area contributed by atoms with Crippen molar-refractivity contribution in [3.63, 3.8) is 0 Å². The number of hydrogen-bond donors (Lipinski definition) is 0. The predicted octanol–water partition coefficient (Wildman–Crippen LogP) is 8.35. The first-order chi connectivity index (χ1) is 34.4. The van der Waals surface area contributed by atoms with Crippen molar-refractivity contribution in [1.29, 1.82) is 0 Å². The van der Waals surface area contributed by atoms with Gasteiger partial charge in [-0.25, -0.2) is 0 Å². The number of hydrogen-bond acceptors (Lipinski definition) is 20. The van der Waals surface area contributed by atoms with Crippen LogP contribution in [0.1, 0.15) is 203 Å². The van der Waals surface area contributed by atoms with Crippen LogP contribution in [0, 0.1) is 28.6 Å². The highest BCUT2D eigenvalue weighted by Gasteiger charge is 2.49. The molecule has 5 heterocycles. The van der Waals surface area contributed by atoms with E-state index in [-0.39, 0.29) is 134 Å². The fraction of sp³-hybridized carbons (Fsp3) is 0.818. The van der Waals surface area contributed by atoms with E-state index in [1.165, 1.54) is 0 Å². The van der Waals surface area contributed by atoms with Crippen LogP contribution in [-0.4, -0.2) is 119 Å². The zero-order chi connectivity index (χ0) is 58.2. The van der Waals surface area contributed by atoms with E-state index in [0.29, 0.717) is 12.8 Å². The van der Waals surface area contributed by atoms with Crippen molar-refractivity contribution in [2.75, 3.05) is 0 Å². The van der Waals surface area contributed by atoms with E-state index >= 15 is 0 Å². The summed E-state index contributed by atoms with van der Waals surface area (Å²) >= 11 is 0. The van der Waals surface area contributed by atoms with Crippen LogP contribution in [0.25, 0.3) is 0 Å². The van der Waals surface area contributed by atoms with E-state index in [1.54, 1.807) is 55.4 Å². The highest BCUT2D eigenvalue weighted by Crippen LogP contribution is 2.35. The van der Waals surface area contributed by atoms with Gasteiger partial charge >= 0.3 is 59.7 Å². The minimum atomic E-state index is -0.819. The normalized spacial score (nSPS) is 28.6. The first-order valence-electron chi connectivity index (χ1n) is 26.5. The van der Waals surface area contributed by atoms with Crippen molar-refractivity contribution in [2.45, 2.75) is 262 Å². The lowest BCUT2D eigenvalue weighted by molar-refractivity contribution is -0.174. The van der Waals surface area contributed by atoms with Gasteiger partial charge in [-0.2, -0.15) is 0 Å². The van der Waals surface area contributed by atoms with E-state index in [9.17, 15) is 47.9 Å². The lowest BCUT2D eigenvalue weighted by Gasteiger charge is -2.30. The van der Waals surface area contributed by atoms with Crippen LogP contribution >= 0.6 is 0 Å². The van der Waals surface area contributed by atoms with Gasteiger partial charge in [0.1, 0.15) is 42.2 Å². The third-order valence-electron chi connectivity index (χ3n) is 14.6. The van der Waals surface area contributed by atoms with E-state index < -0.39 is 45.9 Å². The average molecular weight is 1070 g/mol. The molecule has 0 amide bonds. The summed E-state index contributed by atoms with van der Waals surface area (Å²) < 4.78 is 51.3. The average Bonchev–Trinajstić information content (AvgIpc) is 4.05. The molecule has 5 aliphatic heterocycles. The van der Waals surface area contributed by atoms with Crippen LogP contribution in [0.15, 0.2) is 0 Å². The third-order valence-corrected chi connectivity index (χ3v) is 14.6. The van der Waals surface area contributed by atoms with Gasteiger partial charge in [-0.15, -0.1) is 0 Å². The Hall–Kier alpha value is -5.30. The molecule has 5 saturated heterocycles. The Labute approximate surface area is 444 Å². The van der Waals surface area contributed by atoms with Crippen molar-refractivity contribution >= 4 is 59.7 Å². The van der Waals surface area contributed by atoms with E-state index in [0.717, 1.165) is 19.3 Å². The van der Waals surface area contributed by atoms with Gasteiger partial charge in [0.15, 0.2) is 17.3 Å². The summed E-state index contributed by atoms with van der Waals surface area (Å²) in [5.74, 6) is -3.18. The maximum Gasteiger partial charge on any atom is 0.312 e. The topological polar surface area (TPSA) is 263 Å². The molecule has 0 bridgehead atoms. The molecule has 75 heavy (non-hydrogen) atoms. The summed E-state index contributed by atoms with van der Waals surface area (Å²) in [4.78, 5) is 113. The Kier molecular flexibility index (Phi) is 25.9. The summed E-state index contributed by atoms with van der Waals surface area (Å²) in [5, 5.41) is 0. The molecule has 5 fully saturated rings. The van der Waals surface area contributed by atoms with Crippen LogP contribution in [0.2, 0.25) is 0 Å². The zero-order valence-electron chi connectivity index (χ0n) is 48.5. The molecule has 430 valence electrons. The molecule has 0 N–H and O–H groups in total. The van der Waals surface area contributed by atoms with Crippen LogP contribution < -0.4 is 0 Å². The Balaban J connectivity index is 0.000000469. The van der Waals surface area contributed by atoms with Crippen molar-refractivity contribution < 1.29 is 95.3 Å². The van der Waals surface area contributed by atoms with E-state index in [2.05, 4.69) is 0 Å². The lowest BCUT2D eigenvalue weighted by Crippen LogP contribution is -2.42. The molecule has 0 radical (unpaired) electrons. The molecule has 20 nitrogen and oxygen atoms in total. The fourth-order valence-electron chi connectivity index (χ4n) is 6.69. The van der Waals surface area contributed by atoms with Gasteiger partial charge in [0, 0.05) is 0 Å². The summed E-state index contributed by atoms with van der Waals surface area (Å²) in [5.41, 5.74) is -3.32. The molecule has 12 atom stereocenters. The number of esters is 10. The molecule has 0 aromatic carbocycles. The Morgan fingerprint density at radius 2 is 0.880 bits per heavy atom. The minimum absolute atomic E-state index is 0.113. The van der Waals surface area contributed by atoms with E-state index in [4.69, 9.17) is 47.4 Å². The third kappa shape index (κ3) is 20.6. The summed E-state index contributed by atoms with van der Waals surface area (Å²) in [6.07, 6.45) is 1.78. The summed E-state index contributed by atoms with van der Waals surface area (Å²) in [6.45, 7) is 36.4. The van der Waals surface area contributed by atoms with E-state index in [1.807, 2.05) is 83.1 Å². The minimum Gasteiger partial charge on any atom is -0.459 e. The van der Waals surface area contributed by atoms with Crippen LogP contribution in [-0.2, 0) is 95.3 Å². The Bertz CT molecular complexity index is 2000. The fourth-order valence-corrected chi connectivity index (χ4v) is 6.69. The maximum atomic E-state index is 11.9. The molecule has 0 spiro atoms. The van der Waals surface area contributed by atoms with Gasteiger partial charge < -0.3 is 47.4 Å². The Morgan fingerprint density at radius 3 is 1.21 bits per heavy atom. The summed E-state index contributed by atoms with van der Waals surface area (Å²) in [7, 11) is 0. The molecule has 5 aliphatic rings. The first kappa shape index (κ1) is 67.7. The molecule has 12 unspecified atom stereocenters. The Morgan fingerprint density at radius 1 is 0.507 bits per heavy atom. The van der Waals surface area contributed by atoms with Gasteiger partial charge in [-0.3, -0.25) is 47.9 Å². The summed E-state index contributed by atoms with van der Waals surface area (Å²) in [6, 6.07) is 0. The van der Waals surface area contributed by atoms with Crippen molar-refractivity contribution in [2.24, 2.45) is 28.6 Å². The van der Waals surface area contributed by atoms with Crippen molar-refractivity contribution in [3.05, 3.63) is 0 Å². The predicted molar refractivity (Wildman–Crippen MR) is 271 cm³/mol. The number of ether oxygens (including phenoxy) is 10. The number of rotatable bonds is 15. The van der Waals surface area contributed by atoms with Gasteiger partial charge in [-0.1, -0.05) is 55.4 Å². The highest BCUT2D eigenvalue weighted by atomic mass is 16.6. The molecule has 5 rings (SSSR count). The molecule has 0 aromatic heterocycles. The second-order valence-corrected chi connectivity index (χ2v) is 22.4. The van der Waals surface area contributed by atoms with Crippen LogP contribution in [0.3, 0.4) is 0 Å². The number of carbonyl (C=O) groups excluding carboxylic acids is 10. The largest absolute Gasteiger partial charge is 0.459 e. The van der Waals surface area contributed by atoms with Crippen molar-refractivity contribution in [3.8, 4) is 0 Å². The molecule has 0 aromatic rings. The first-order valence-corrected chi connectivity index (χ1v) is 26.5. The van der Waals surface area contributed by atoms with Gasteiger partial charge in [0.05, 0.1) is 60.7 Å². The van der Waals surface area contributed by atoms with Crippen molar-refractivity contribution in [1.82, 2.24) is 0 Å². The second-order valence-electron chi connectivity index (χ2n) is 22.4. The highest BCUT2D eigenvalue weighted by molar-refractivity contribution is 5.80. The zero-order valence-corrected chi connectivity index (χ0v) is 48.5. The molecule has 20 heteroatoms. The number of cyclic esters (lactones) is 5. The monoisotopic (exact) mass is 1070 g/mol. The van der Waals surface area contributed by atoms with Gasteiger partial charge in [0.25, 0.3) is 0 Å². The second kappa shape index (κ2) is 28.7. The van der Waals surface area contributed by atoms with Gasteiger partial charge in [-0.05, 0) is 115 Å². The standard InChI is InChI=1S/C12H20O4.3C11H18O4.C10H16O4/c1-6-11(3,4)10(14)16-12(5)7-9(13)15-8(12)2;1-5-11(3,4)10(13)15-8-6-9(12)14-7(8)2;1-5-7(2)10(13)14-8-6-9(12)15-11(8,3)4;1-5-7(2)10(13)15-11(4)6-9(12)14-8(11)3;1-4-6(2)10(12)14-8-5-9(11)13-7(8)3/h8H,6-7H2,1-5H3;3*7-8H,5-6H2,1-4H3;6-8H,4-5H2,1-3H3. The van der Waals surface area contributed by atoms with Crippen LogP contribution in [0.4, 0.5) is 0 Å². The maximum absolute atomic E-state index is 11.9. The smallest absolute Gasteiger partial charge is 0.312 e. The molecular formula is C55H90O20.